The summed E-state index contributed by atoms with van der Waals surface area (Å²) in [5.74, 6) is -1.19. The average Bonchev–Trinajstić information content (AvgIpc) is 2.61. The predicted molar refractivity (Wildman–Crippen MR) is 93.2 cm³/mol. The van der Waals surface area contributed by atoms with Crippen LogP contribution in [0.4, 0.5) is 42.5 Å². The molecule has 0 spiro atoms. The van der Waals surface area contributed by atoms with Crippen molar-refractivity contribution < 1.29 is 43.7 Å². The number of hydrogen-bond acceptors (Lipinski definition) is 5. The summed E-state index contributed by atoms with van der Waals surface area (Å²) in [4.78, 5) is 10.6. The Morgan fingerprint density at radius 1 is 0.967 bits per heavy atom. The molecule has 2 rings (SSSR count). The molecule has 0 aliphatic carbocycles. The Kier molecular flexibility index (Phi) is 6.11. The molecule has 2 aromatic carbocycles. The molecule has 0 radical (unpaired) electrons. The summed E-state index contributed by atoms with van der Waals surface area (Å²) in [5.41, 5.74) is 1.89. The fourth-order valence-corrected chi connectivity index (χ4v) is 3.10. The summed E-state index contributed by atoms with van der Waals surface area (Å²) in [6.45, 7) is 0. The van der Waals surface area contributed by atoms with Crippen LogP contribution in [0.3, 0.4) is 0 Å². The van der Waals surface area contributed by atoms with Crippen LogP contribution in [0.5, 0.6) is 5.75 Å². The van der Waals surface area contributed by atoms with E-state index in [9.17, 15) is 39.6 Å². The Labute approximate surface area is 165 Å². The van der Waals surface area contributed by atoms with E-state index >= 15 is 0 Å². The van der Waals surface area contributed by atoms with E-state index in [0.29, 0.717) is 0 Å². The van der Waals surface area contributed by atoms with Crippen LogP contribution in [-0.2, 0) is 22.5 Å². The van der Waals surface area contributed by atoms with E-state index in [1.165, 1.54) is 7.05 Å². The number of nitrogens with two attached hydrogens (primary N) is 1. The molecular formula is C16H13F6N3O4S. The van der Waals surface area contributed by atoms with Gasteiger partial charge in [0.05, 0.1) is 22.5 Å². The van der Waals surface area contributed by atoms with E-state index in [4.69, 9.17) is 5.73 Å². The van der Waals surface area contributed by atoms with Crippen LogP contribution in [-0.4, -0.2) is 21.5 Å². The molecule has 0 bridgehead atoms. The number of urea groups is 1. The number of rotatable bonds is 4. The number of benzene rings is 2. The summed E-state index contributed by atoms with van der Waals surface area (Å²) >= 11 is 0. The number of halogens is 6. The summed E-state index contributed by atoms with van der Waals surface area (Å²) in [6, 6.07) is 2.19. The molecule has 4 N–H and O–H groups in total. The number of carbonyl (C=O) groups excluding carboxylic acids is 1. The molecule has 164 valence electrons. The maximum absolute atomic E-state index is 12.9. The lowest BCUT2D eigenvalue weighted by atomic mass is 10.1. The third-order valence-electron chi connectivity index (χ3n) is 3.55. The van der Waals surface area contributed by atoms with Crippen molar-refractivity contribution in [2.75, 3.05) is 18.1 Å². The fraction of sp³-hybridized carbons (Fsp3) is 0.188. The number of anilines is 2. The predicted octanol–water partition coefficient (Wildman–Crippen LogP) is 3.83. The van der Waals surface area contributed by atoms with Crippen LogP contribution in [0.25, 0.3) is 0 Å². The second-order valence-corrected chi connectivity index (χ2v) is 7.28. The highest BCUT2D eigenvalue weighted by molar-refractivity contribution is 7.87. The standard InChI is InChI=1S/C16H13F6N3O4S/c1-24-14(26)25-13-3-2-11(7-12(13)23)30(27,28)29-10-5-8(15(17,18)19)4-9(6-10)16(20,21)22/h2-7H,23H2,1H3,(H2,24,25,26). The number of hydrogen-bond donors (Lipinski definition) is 3. The second-order valence-electron chi connectivity index (χ2n) is 5.73. The fourth-order valence-electron chi connectivity index (χ4n) is 2.14. The van der Waals surface area contributed by atoms with Gasteiger partial charge in [0, 0.05) is 7.05 Å². The van der Waals surface area contributed by atoms with Gasteiger partial charge >= 0.3 is 28.5 Å². The molecule has 0 unspecified atom stereocenters. The molecule has 0 aromatic heterocycles. The Morgan fingerprint density at radius 2 is 1.50 bits per heavy atom. The highest BCUT2D eigenvalue weighted by Gasteiger charge is 2.37. The molecule has 0 aliphatic heterocycles. The van der Waals surface area contributed by atoms with Crippen LogP contribution >= 0.6 is 0 Å². The maximum atomic E-state index is 12.9. The van der Waals surface area contributed by atoms with Crippen LogP contribution in [0.15, 0.2) is 41.3 Å². The van der Waals surface area contributed by atoms with Gasteiger partial charge in [-0.15, -0.1) is 0 Å². The van der Waals surface area contributed by atoms with E-state index in [2.05, 4.69) is 14.8 Å². The first-order valence-corrected chi connectivity index (χ1v) is 9.16. The SMILES string of the molecule is CNC(=O)Nc1ccc(S(=O)(=O)Oc2cc(C(F)(F)F)cc(C(F)(F)F)c2)cc1N. The molecule has 0 aliphatic rings. The molecule has 0 fully saturated rings. The van der Waals surface area contributed by atoms with Crippen molar-refractivity contribution in [3.8, 4) is 5.75 Å². The van der Waals surface area contributed by atoms with Gasteiger partial charge in [-0.1, -0.05) is 0 Å². The molecule has 0 atom stereocenters. The monoisotopic (exact) mass is 457 g/mol. The van der Waals surface area contributed by atoms with Crippen molar-refractivity contribution in [3.63, 3.8) is 0 Å². The Bertz CT molecular complexity index is 1040. The number of nitrogen functional groups attached to an aromatic ring is 1. The highest BCUT2D eigenvalue weighted by Crippen LogP contribution is 2.39. The third kappa shape index (κ3) is 5.46. The molecular weight excluding hydrogens is 444 g/mol. The zero-order valence-corrected chi connectivity index (χ0v) is 15.7. The van der Waals surface area contributed by atoms with Crippen molar-refractivity contribution in [2.24, 2.45) is 0 Å². The van der Waals surface area contributed by atoms with Gasteiger partial charge < -0.3 is 20.6 Å². The lowest BCUT2D eigenvalue weighted by Crippen LogP contribution is -2.25. The molecule has 0 heterocycles. The minimum Gasteiger partial charge on any atom is -0.397 e. The minimum atomic E-state index is -5.18. The number of carbonyl (C=O) groups is 1. The van der Waals surface area contributed by atoms with E-state index in [1.54, 1.807) is 0 Å². The van der Waals surface area contributed by atoms with Crippen molar-refractivity contribution >= 4 is 27.5 Å². The summed E-state index contributed by atoms with van der Waals surface area (Å²) < 4.78 is 106. The quantitative estimate of drug-likeness (QED) is 0.367. The molecule has 2 aromatic rings. The van der Waals surface area contributed by atoms with Gasteiger partial charge in [-0.2, -0.15) is 34.8 Å². The Balaban J connectivity index is 2.44. The number of amides is 2. The molecule has 30 heavy (non-hydrogen) atoms. The van der Waals surface area contributed by atoms with Crippen LogP contribution in [0, 0.1) is 0 Å². The minimum absolute atomic E-state index is 0.00623. The van der Waals surface area contributed by atoms with Gasteiger partial charge in [-0.25, -0.2) is 4.79 Å². The first-order valence-electron chi connectivity index (χ1n) is 7.76. The van der Waals surface area contributed by atoms with Gasteiger partial charge in [0.2, 0.25) is 0 Å². The first kappa shape index (κ1) is 23.1. The van der Waals surface area contributed by atoms with Crippen LogP contribution in [0.1, 0.15) is 11.1 Å². The molecule has 7 nitrogen and oxygen atoms in total. The van der Waals surface area contributed by atoms with Crippen molar-refractivity contribution in [3.05, 3.63) is 47.5 Å². The second kappa shape index (κ2) is 7.93. The van der Waals surface area contributed by atoms with Gasteiger partial charge in [-0.05, 0) is 36.4 Å². The summed E-state index contributed by atoms with van der Waals surface area (Å²) in [7, 11) is -3.55. The molecule has 14 heteroatoms. The van der Waals surface area contributed by atoms with E-state index in [0.717, 1.165) is 18.2 Å². The van der Waals surface area contributed by atoms with Crippen LogP contribution in [0.2, 0.25) is 0 Å². The summed E-state index contributed by atoms with van der Waals surface area (Å²) in [6.07, 6.45) is -10.4. The first-order chi connectivity index (χ1) is 13.6. The zero-order chi connectivity index (χ0) is 22.9. The van der Waals surface area contributed by atoms with Gasteiger partial charge in [-0.3, -0.25) is 0 Å². The lowest BCUT2D eigenvalue weighted by Gasteiger charge is -2.15. The lowest BCUT2D eigenvalue weighted by molar-refractivity contribution is -0.143. The molecule has 0 saturated heterocycles. The topological polar surface area (TPSA) is 111 Å². The largest absolute Gasteiger partial charge is 0.416 e. The molecule has 2 amide bonds. The maximum Gasteiger partial charge on any atom is 0.416 e. The highest BCUT2D eigenvalue weighted by atomic mass is 32.2. The smallest absolute Gasteiger partial charge is 0.397 e. The zero-order valence-electron chi connectivity index (χ0n) is 14.9. The van der Waals surface area contributed by atoms with Crippen LogP contribution < -0.4 is 20.6 Å². The van der Waals surface area contributed by atoms with Gasteiger partial charge in [0.1, 0.15) is 10.6 Å². The van der Waals surface area contributed by atoms with E-state index in [1.807, 2.05) is 0 Å². The average molecular weight is 457 g/mol. The third-order valence-corrected chi connectivity index (χ3v) is 4.80. The van der Waals surface area contributed by atoms with E-state index < -0.39 is 50.3 Å². The Hall–Kier alpha value is -3.16. The van der Waals surface area contributed by atoms with Gasteiger partial charge in [0.25, 0.3) is 0 Å². The summed E-state index contributed by atoms with van der Waals surface area (Å²) in [5, 5.41) is 4.50. The normalized spacial score (nSPS) is 12.4. The van der Waals surface area contributed by atoms with Gasteiger partial charge in [0.15, 0.2) is 0 Å². The van der Waals surface area contributed by atoms with Crippen molar-refractivity contribution in [2.45, 2.75) is 17.2 Å². The van der Waals surface area contributed by atoms with E-state index in [-0.39, 0.29) is 29.6 Å². The Morgan fingerprint density at radius 3 is 1.93 bits per heavy atom. The van der Waals surface area contributed by atoms with Crippen molar-refractivity contribution in [1.29, 1.82) is 0 Å². The molecule has 0 saturated carbocycles. The van der Waals surface area contributed by atoms with Crippen molar-refractivity contribution in [1.82, 2.24) is 5.32 Å². The number of alkyl halides is 6. The number of nitrogens with one attached hydrogen (secondary N) is 2.